The Morgan fingerprint density at radius 2 is 1.64 bits per heavy atom. The van der Waals surface area contributed by atoms with Gasteiger partial charge in [-0.05, 0) is 13.8 Å². The summed E-state index contributed by atoms with van der Waals surface area (Å²) < 4.78 is 19.7. The first-order chi connectivity index (χ1) is 5.24. The standard InChI is InChI=1S/C5H15NO4Si/c1-4-8-11(7-3,10-6)9-5-2/h4-6H2,1-3H3. The average molecular weight is 181 g/mol. The van der Waals surface area contributed by atoms with E-state index in [0.717, 1.165) is 0 Å². The van der Waals surface area contributed by atoms with Crippen molar-refractivity contribution < 1.29 is 17.8 Å². The van der Waals surface area contributed by atoms with Gasteiger partial charge in [-0.2, -0.15) is 0 Å². The highest BCUT2D eigenvalue weighted by atomic mass is 28.4. The monoisotopic (exact) mass is 181 g/mol. The molecule has 0 aromatic heterocycles. The van der Waals surface area contributed by atoms with E-state index >= 15 is 0 Å². The highest BCUT2D eigenvalue weighted by Gasteiger charge is 2.43. The quantitative estimate of drug-likeness (QED) is 0.463. The number of nitrogens with two attached hydrogens (primary N) is 1. The Hall–Kier alpha value is 0.0169. The van der Waals surface area contributed by atoms with Crippen LogP contribution < -0.4 is 5.90 Å². The fourth-order valence-corrected chi connectivity index (χ4v) is 1.89. The molecule has 0 aliphatic rings. The second-order valence-electron chi connectivity index (χ2n) is 1.69. The molecule has 0 aromatic carbocycles. The summed E-state index contributed by atoms with van der Waals surface area (Å²) in [6.45, 7) is 4.55. The summed E-state index contributed by atoms with van der Waals surface area (Å²) in [6, 6.07) is 0. The van der Waals surface area contributed by atoms with Crippen LogP contribution in [0.4, 0.5) is 0 Å². The zero-order valence-corrected chi connectivity index (χ0v) is 8.12. The van der Waals surface area contributed by atoms with E-state index < -0.39 is 9.05 Å². The van der Waals surface area contributed by atoms with Crippen LogP contribution in [0.3, 0.4) is 0 Å². The molecule has 0 unspecified atom stereocenters. The Labute approximate surface area is 67.8 Å². The lowest BCUT2D eigenvalue weighted by Crippen LogP contribution is -2.50. The van der Waals surface area contributed by atoms with Crippen LogP contribution in [0.1, 0.15) is 13.8 Å². The third kappa shape index (κ3) is 3.28. The number of rotatable bonds is 6. The largest absolute Gasteiger partial charge is 0.696 e. The Morgan fingerprint density at radius 3 is 1.82 bits per heavy atom. The topological polar surface area (TPSA) is 62.9 Å². The molecule has 0 aliphatic carbocycles. The van der Waals surface area contributed by atoms with E-state index in [0.29, 0.717) is 13.2 Å². The minimum Gasteiger partial charge on any atom is -0.354 e. The van der Waals surface area contributed by atoms with Gasteiger partial charge in [0.1, 0.15) is 0 Å². The SMILES string of the molecule is CCO[Si](OC)(ON)OCC. The lowest BCUT2D eigenvalue weighted by atomic mass is 10.9. The maximum absolute atomic E-state index is 5.12. The normalized spacial score (nSPS) is 12.0. The first-order valence-corrected chi connectivity index (χ1v) is 5.09. The molecule has 0 atom stereocenters. The third-order valence-corrected chi connectivity index (χ3v) is 3.11. The summed E-state index contributed by atoms with van der Waals surface area (Å²) in [5.74, 6) is 4.98. The van der Waals surface area contributed by atoms with E-state index in [2.05, 4.69) is 4.53 Å². The number of hydrogen-bond donors (Lipinski definition) is 1. The van der Waals surface area contributed by atoms with Gasteiger partial charge in [-0.25, -0.2) is 5.90 Å². The van der Waals surface area contributed by atoms with Gasteiger partial charge in [0.05, 0.1) is 0 Å². The molecule has 0 heterocycles. The van der Waals surface area contributed by atoms with Crippen molar-refractivity contribution in [2.45, 2.75) is 13.8 Å². The van der Waals surface area contributed by atoms with Crippen LogP contribution in [-0.4, -0.2) is 29.4 Å². The Bertz CT molecular complexity index is 90.5. The van der Waals surface area contributed by atoms with Gasteiger partial charge in [0.25, 0.3) is 0 Å². The fourth-order valence-electron chi connectivity index (χ4n) is 0.629. The van der Waals surface area contributed by atoms with Crippen LogP contribution in [0, 0.1) is 0 Å². The predicted octanol–water partition coefficient (Wildman–Crippen LogP) is 0.0317. The van der Waals surface area contributed by atoms with Crippen molar-refractivity contribution in [1.82, 2.24) is 0 Å². The molecule has 0 spiro atoms. The molecule has 68 valence electrons. The molecule has 6 heteroatoms. The predicted molar refractivity (Wildman–Crippen MR) is 41.3 cm³/mol. The number of hydrogen-bond acceptors (Lipinski definition) is 5. The van der Waals surface area contributed by atoms with Gasteiger partial charge in [0, 0.05) is 20.3 Å². The Kier molecular flexibility index (Phi) is 5.65. The molecule has 0 radical (unpaired) electrons. The van der Waals surface area contributed by atoms with E-state index in [1.54, 1.807) is 0 Å². The summed E-state index contributed by atoms with van der Waals surface area (Å²) >= 11 is 0. The lowest BCUT2D eigenvalue weighted by molar-refractivity contribution is -0.0178. The molecule has 0 saturated carbocycles. The van der Waals surface area contributed by atoms with Crippen LogP contribution in [0.2, 0.25) is 0 Å². The van der Waals surface area contributed by atoms with Crippen molar-refractivity contribution in [3.05, 3.63) is 0 Å². The van der Waals surface area contributed by atoms with Crippen molar-refractivity contribution in [2.24, 2.45) is 5.90 Å². The van der Waals surface area contributed by atoms with Gasteiger partial charge in [-0.15, -0.1) is 0 Å². The van der Waals surface area contributed by atoms with E-state index in [1.165, 1.54) is 7.11 Å². The fraction of sp³-hybridized carbons (Fsp3) is 1.00. The molecule has 0 saturated heterocycles. The summed E-state index contributed by atoms with van der Waals surface area (Å²) in [6.07, 6.45) is 0. The highest BCUT2D eigenvalue weighted by Crippen LogP contribution is 2.06. The van der Waals surface area contributed by atoms with E-state index in [9.17, 15) is 0 Å². The lowest BCUT2D eigenvalue weighted by Gasteiger charge is -2.22. The first kappa shape index (κ1) is 11.0. The molecule has 0 amide bonds. The molecule has 0 aromatic rings. The Balaban J connectivity index is 3.96. The molecular formula is C5H15NO4Si. The zero-order chi connectivity index (χ0) is 8.74. The van der Waals surface area contributed by atoms with Crippen molar-refractivity contribution in [3.63, 3.8) is 0 Å². The van der Waals surface area contributed by atoms with Crippen LogP contribution in [0.25, 0.3) is 0 Å². The van der Waals surface area contributed by atoms with Crippen LogP contribution in [0.5, 0.6) is 0 Å². The molecular weight excluding hydrogens is 166 g/mol. The molecule has 11 heavy (non-hydrogen) atoms. The summed E-state index contributed by atoms with van der Waals surface area (Å²) in [5.41, 5.74) is 0. The van der Waals surface area contributed by atoms with Gasteiger partial charge >= 0.3 is 9.05 Å². The minimum absolute atomic E-state index is 0.456. The van der Waals surface area contributed by atoms with E-state index in [-0.39, 0.29) is 0 Å². The van der Waals surface area contributed by atoms with Gasteiger partial charge < -0.3 is 13.3 Å². The van der Waals surface area contributed by atoms with E-state index in [1.807, 2.05) is 13.8 Å². The third-order valence-electron chi connectivity index (χ3n) is 1.04. The molecule has 0 aliphatic heterocycles. The highest BCUT2D eigenvalue weighted by molar-refractivity contribution is 6.53. The van der Waals surface area contributed by atoms with Crippen LogP contribution in [0.15, 0.2) is 0 Å². The van der Waals surface area contributed by atoms with Gasteiger partial charge in [0.2, 0.25) is 0 Å². The molecule has 0 rings (SSSR count). The maximum Gasteiger partial charge on any atom is 0.696 e. The van der Waals surface area contributed by atoms with E-state index in [4.69, 9.17) is 19.2 Å². The van der Waals surface area contributed by atoms with Crippen molar-refractivity contribution in [3.8, 4) is 0 Å². The smallest absolute Gasteiger partial charge is 0.354 e. The van der Waals surface area contributed by atoms with Crippen molar-refractivity contribution >= 4 is 9.05 Å². The van der Waals surface area contributed by atoms with Crippen LogP contribution >= 0.6 is 0 Å². The molecule has 2 N–H and O–H groups in total. The van der Waals surface area contributed by atoms with Crippen LogP contribution in [-0.2, 0) is 17.8 Å². The summed E-state index contributed by atoms with van der Waals surface area (Å²) in [7, 11) is -1.52. The Morgan fingerprint density at radius 1 is 1.18 bits per heavy atom. The second-order valence-corrected chi connectivity index (χ2v) is 3.91. The van der Waals surface area contributed by atoms with Gasteiger partial charge in [-0.1, -0.05) is 0 Å². The van der Waals surface area contributed by atoms with Crippen molar-refractivity contribution in [1.29, 1.82) is 0 Å². The summed E-state index contributed by atoms with van der Waals surface area (Å²) in [5, 5.41) is 0. The zero-order valence-electron chi connectivity index (χ0n) is 7.12. The molecule has 0 bridgehead atoms. The van der Waals surface area contributed by atoms with Gasteiger partial charge in [-0.3, -0.25) is 4.53 Å². The second kappa shape index (κ2) is 5.64. The average Bonchev–Trinajstić information content (AvgIpc) is 2.04. The van der Waals surface area contributed by atoms with Gasteiger partial charge in [0.15, 0.2) is 0 Å². The first-order valence-electron chi connectivity index (χ1n) is 3.45. The molecule has 5 nitrogen and oxygen atoms in total. The molecule has 0 fully saturated rings. The summed E-state index contributed by atoms with van der Waals surface area (Å²) in [4.78, 5) is 0. The van der Waals surface area contributed by atoms with Crippen molar-refractivity contribution in [2.75, 3.05) is 20.3 Å². The minimum atomic E-state index is -2.97. The maximum atomic E-state index is 5.12.